The zero-order valence-electron chi connectivity index (χ0n) is 7.76. The van der Waals surface area contributed by atoms with E-state index in [0.29, 0.717) is 12.0 Å². The maximum Gasteiger partial charge on any atom is 0.0326 e. The third kappa shape index (κ3) is 4.67. The van der Waals surface area contributed by atoms with Gasteiger partial charge in [-0.05, 0) is 18.6 Å². The summed E-state index contributed by atoms with van der Waals surface area (Å²) in [6, 6.07) is 0.477. The minimum atomic E-state index is 0.477. The average molecular weight is 176 g/mol. The summed E-state index contributed by atoms with van der Waals surface area (Å²) in [5.74, 6) is 7.23. The van der Waals surface area contributed by atoms with E-state index in [2.05, 4.69) is 25.5 Å². The second-order valence-corrected chi connectivity index (χ2v) is 3.91. The summed E-state index contributed by atoms with van der Waals surface area (Å²) in [6.45, 7) is 4.47. The third-order valence-electron chi connectivity index (χ3n) is 1.99. The van der Waals surface area contributed by atoms with Crippen molar-refractivity contribution < 1.29 is 0 Å². The molecule has 0 aliphatic heterocycles. The van der Waals surface area contributed by atoms with E-state index in [1.165, 1.54) is 12.8 Å². The van der Waals surface area contributed by atoms with Crippen LogP contribution in [0.15, 0.2) is 0 Å². The number of hydrogen-bond acceptors (Lipinski definition) is 3. The van der Waals surface area contributed by atoms with Gasteiger partial charge in [-0.1, -0.05) is 20.3 Å². The van der Waals surface area contributed by atoms with Crippen molar-refractivity contribution in [3.05, 3.63) is 0 Å². The largest absolute Gasteiger partial charge is 0.271 e. The molecule has 0 spiro atoms. The molecule has 0 radical (unpaired) electrons. The molecule has 3 N–H and O–H groups in total. The molecule has 68 valence electrons. The normalized spacial score (nSPS) is 16.4. The number of rotatable bonds is 6. The lowest BCUT2D eigenvalue weighted by atomic mass is 9.99. The number of hydrazine groups is 1. The zero-order chi connectivity index (χ0) is 8.69. The van der Waals surface area contributed by atoms with Crippen LogP contribution in [0.25, 0.3) is 0 Å². The van der Waals surface area contributed by atoms with Crippen molar-refractivity contribution in [3.63, 3.8) is 0 Å². The molecule has 0 aromatic heterocycles. The zero-order valence-corrected chi connectivity index (χ0v) is 8.58. The van der Waals surface area contributed by atoms with E-state index in [9.17, 15) is 0 Å². The first-order valence-electron chi connectivity index (χ1n) is 4.21. The molecule has 0 aliphatic carbocycles. The highest BCUT2D eigenvalue weighted by molar-refractivity contribution is 7.98. The fourth-order valence-electron chi connectivity index (χ4n) is 1.21. The fourth-order valence-corrected chi connectivity index (χ4v) is 2.00. The quantitative estimate of drug-likeness (QED) is 0.477. The molecule has 2 unspecified atom stereocenters. The van der Waals surface area contributed by atoms with Gasteiger partial charge in [-0.15, -0.1) is 0 Å². The molecule has 2 nitrogen and oxygen atoms in total. The lowest BCUT2D eigenvalue weighted by Crippen LogP contribution is -2.41. The summed E-state index contributed by atoms with van der Waals surface area (Å²) < 4.78 is 0. The van der Waals surface area contributed by atoms with E-state index < -0.39 is 0 Å². The lowest BCUT2D eigenvalue weighted by molar-refractivity contribution is 0.387. The Bertz CT molecular complexity index is 88.2. The van der Waals surface area contributed by atoms with E-state index in [1.54, 1.807) is 0 Å². The smallest absolute Gasteiger partial charge is 0.0326 e. The maximum atomic E-state index is 5.43. The lowest BCUT2D eigenvalue weighted by Gasteiger charge is -2.21. The van der Waals surface area contributed by atoms with Gasteiger partial charge in [0.1, 0.15) is 0 Å². The van der Waals surface area contributed by atoms with Crippen LogP contribution in [0.2, 0.25) is 0 Å². The molecule has 0 heterocycles. The average Bonchev–Trinajstić information content (AvgIpc) is 2.00. The van der Waals surface area contributed by atoms with Crippen molar-refractivity contribution in [1.29, 1.82) is 0 Å². The highest BCUT2D eigenvalue weighted by atomic mass is 32.2. The summed E-state index contributed by atoms with van der Waals surface area (Å²) in [5, 5.41) is 0. The maximum absolute atomic E-state index is 5.43. The Balaban J connectivity index is 3.61. The van der Waals surface area contributed by atoms with Gasteiger partial charge in [-0.25, -0.2) is 0 Å². The molecule has 0 rings (SSSR count). The minimum absolute atomic E-state index is 0.477. The minimum Gasteiger partial charge on any atom is -0.271 e. The molecule has 0 saturated heterocycles. The van der Waals surface area contributed by atoms with Crippen LogP contribution in [0, 0.1) is 5.92 Å². The van der Waals surface area contributed by atoms with Gasteiger partial charge >= 0.3 is 0 Å². The van der Waals surface area contributed by atoms with Crippen LogP contribution < -0.4 is 11.3 Å². The van der Waals surface area contributed by atoms with Crippen molar-refractivity contribution in [3.8, 4) is 0 Å². The van der Waals surface area contributed by atoms with Gasteiger partial charge in [-0.3, -0.25) is 11.3 Å². The summed E-state index contributed by atoms with van der Waals surface area (Å²) in [6.07, 6.45) is 4.62. The SMILES string of the molecule is CCCC(C)C(CSC)NN. The fraction of sp³-hybridized carbons (Fsp3) is 1.00. The Morgan fingerprint density at radius 3 is 2.55 bits per heavy atom. The Morgan fingerprint density at radius 2 is 2.18 bits per heavy atom. The second kappa shape index (κ2) is 6.95. The van der Waals surface area contributed by atoms with E-state index >= 15 is 0 Å². The first-order valence-corrected chi connectivity index (χ1v) is 5.60. The highest BCUT2D eigenvalue weighted by Crippen LogP contribution is 2.12. The van der Waals surface area contributed by atoms with Gasteiger partial charge in [0.2, 0.25) is 0 Å². The topological polar surface area (TPSA) is 38.0 Å². The predicted octanol–water partition coefficient (Wildman–Crippen LogP) is 1.62. The van der Waals surface area contributed by atoms with Gasteiger partial charge < -0.3 is 0 Å². The number of nitrogens with two attached hydrogens (primary N) is 1. The van der Waals surface area contributed by atoms with Crippen molar-refractivity contribution in [1.82, 2.24) is 5.43 Å². The molecule has 0 aliphatic rings. The van der Waals surface area contributed by atoms with Crippen molar-refractivity contribution in [2.45, 2.75) is 32.7 Å². The molecule has 11 heavy (non-hydrogen) atoms. The van der Waals surface area contributed by atoms with Crippen LogP contribution in [0.5, 0.6) is 0 Å². The second-order valence-electron chi connectivity index (χ2n) is 2.99. The summed E-state index contributed by atoms with van der Waals surface area (Å²) in [5.41, 5.74) is 2.87. The van der Waals surface area contributed by atoms with E-state index in [1.807, 2.05) is 11.8 Å². The Kier molecular flexibility index (Phi) is 7.12. The molecule has 0 fully saturated rings. The van der Waals surface area contributed by atoms with E-state index in [0.717, 1.165) is 5.75 Å². The van der Waals surface area contributed by atoms with E-state index in [-0.39, 0.29) is 0 Å². The van der Waals surface area contributed by atoms with Crippen molar-refractivity contribution >= 4 is 11.8 Å². The molecular formula is C8H20N2S. The first-order chi connectivity index (χ1) is 5.26. The molecule has 2 atom stereocenters. The summed E-state index contributed by atoms with van der Waals surface area (Å²) in [4.78, 5) is 0. The molecule has 0 bridgehead atoms. The van der Waals surface area contributed by atoms with Gasteiger partial charge in [0.25, 0.3) is 0 Å². The molecule has 3 heteroatoms. The monoisotopic (exact) mass is 176 g/mol. The summed E-state index contributed by atoms with van der Waals surface area (Å²) in [7, 11) is 0. The predicted molar refractivity (Wildman–Crippen MR) is 53.6 cm³/mol. The van der Waals surface area contributed by atoms with Crippen molar-refractivity contribution in [2.24, 2.45) is 11.8 Å². The van der Waals surface area contributed by atoms with Crippen LogP contribution >= 0.6 is 11.8 Å². The highest BCUT2D eigenvalue weighted by Gasteiger charge is 2.13. The number of thioether (sulfide) groups is 1. The molecule has 0 saturated carbocycles. The van der Waals surface area contributed by atoms with Crippen LogP contribution in [0.1, 0.15) is 26.7 Å². The van der Waals surface area contributed by atoms with Crippen LogP contribution in [0.4, 0.5) is 0 Å². The van der Waals surface area contributed by atoms with Gasteiger partial charge in [0.05, 0.1) is 0 Å². The molecule has 0 aromatic rings. The standard InChI is InChI=1S/C8H20N2S/c1-4-5-7(2)8(10-9)6-11-3/h7-8,10H,4-6,9H2,1-3H3. The van der Waals surface area contributed by atoms with Gasteiger partial charge in [-0.2, -0.15) is 11.8 Å². The first kappa shape index (κ1) is 11.3. The van der Waals surface area contributed by atoms with Crippen LogP contribution in [-0.2, 0) is 0 Å². The van der Waals surface area contributed by atoms with Crippen LogP contribution in [0.3, 0.4) is 0 Å². The van der Waals surface area contributed by atoms with Crippen LogP contribution in [-0.4, -0.2) is 18.1 Å². The summed E-state index contributed by atoms with van der Waals surface area (Å²) >= 11 is 1.85. The number of hydrogen-bond donors (Lipinski definition) is 2. The molecular weight excluding hydrogens is 156 g/mol. The Morgan fingerprint density at radius 1 is 1.55 bits per heavy atom. The Labute approximate surface area is 74.3 Å². The Hall–Kier alpha value is 0.270. The van der Waals surface area contributed by atoms with Gasteiger partial charge in [0.15, 0.2) is 0 Å². The third-order valence-corrected chi connectivity index (χ3v) is 2.68. The van der Waals surface area contributed by atoms with Gasteiger partial charge in [0, 0.05) is 11.8 Å². The van der Waals surface area contributed by atoms with Crippen molar-refractivity contribution in [2.75, 3.05) is 12.0 Å². The van der Waals surface area contributed by atoms with E-state index in [4.69, 9.17) is 5.84 Å². The molecule has 0 aromatic carbocycles. The molecule has 0 amide bonds. The number of nitrogens with one attached hydrogen (secondary N) is 1.